The highest BCUT2D eigenvalue weighted by Crippen LogP contribution is 2.28. The minimum Gasteiger partial charge on any atom is -0.411 e. The molecule has 0 aliphatic heterocycles. The Morgan fingerprint density at radius 1 is 1.20 bits per heavy atom. The van der Waals surface area contributed by atoms with E-state index in [-0.39, 0.29) is 22.6 Å². The number of hydrogen-bond acceptors (Lipinski definition) is 5. The molecule has 2 aromatic carbocycles. The largest absolute Gasteiger partial charge is 0.411 e. The van der Waals surface area contributed by atoms with Gasteiger partial charge in [-0.3, -0.25) is 4.79 Å². The van der Waals surface area contributed by atoms with Gasteiger partial charge in [0.15, 0.2) is 0 Å². The summed E-state index contributed by atoms with van der Waals surface area (Å²) in [6.07, 6.45) is 0. The van der Waals surface area contributed by atoms with E-state index < -0.39 is 17.5 Å². The Balaban J connectivity index is 1.60. The van der Waals surface area contributed by atoms with Crippen molar-refractivity contribution in [2.75, 3.05) is 11.1 Å². The van der Waals surface area contributed by atoms with Gasteiger partial charge < -0.3 is 9.73 Å². The summed E-state index contributed by atoms with van der Waals surface area (Å²) >= 11 is 7.04. The number of benzene rings is 2. The topological polar surface area (TPSA) is 68.0 Å². The molecule has 0 saturated heterocycles. The van der Waals surface area contributed by atoms with Crippen LogP contribution in [0, 0.1) is 11.6 Å². The van der Waals surface area contributed by atoms with E-state index in [1.165, 1.54) is 0 Å². The molecule has 1 amide bonds. The van der Waals surface area contributed by atoms with E-state index in [1.807, 2.05) is 0 Å². The van der Waals surface area contributed by atoms with Crippen LogP contribution in [0.15, 0.2) is 52.1 Å². The molecule has 0 radical (unpaired) electrons. The maximum atomic E-state index is 13.5. The van der Waals surface area contributed by atoms with Gasteiger partial charge in [0.25, 0.3) is 5.22 Å². The molecule has 0 bridgehead atoms. The zero-order chi connectivity index (χ0) is 17.8. The summed E-state index contributed by atoms with van der Waals surface area (Å²) in [5, 5.41) is 10.7. The highest BCUT2D eigenvalue weighted by Gasteiger charge is 2.14. The number of nitrogens with one attached hydrogen (secondary N) is 1. The molecule has 25 heavy (non-hydrogen) atoms. The van der Waals surface area contributed by atoms with E-state index in [9.17, 15) is 13.6 Å². The molecular formula is C16H10ClF2N3O2S. The summed E-state index contributed by atoms with van der Waals surface area (Å²) in [5.74, 6) is -1.91. The second kappa shape index (κ2) is 7.62. The molecule has 3 aromatic rings. The van der Waals surface area contributed by atoms with Crippen molar-refractivity contribution in [3.8, 4) is 11.5 Å². The molecule has 0 aliphatic rings. The molecule has 0 spiro atoms. The monoisotopic (exact) mass is 381 g/mol. The molecule has 9 heteroatoms. The van der Waals surface area contributed by atoms with Gasteiger partial charge >= 0.3 is 0 Å². The van der Waals surface area contributed by atoms with Crippen molar-refractivity contribution >= 4 is 35.0 Å². The normalized spacial score (nSPS) is 10.7. The maximum absolute atomic E-state index is 13.5. The van der Waals surface area contributed by atoms with Crippen LogP contribution < -0.4 is 5.32 Å². The average Bonchev–Trinajstić information content (AvgIpc) is 3.05. The quantitative estimate of drug-likeness (QED) is 0.663. The zero-order valence-corrected chi connectivity index (χ0v) is 14.1. The summed E-state index contributed by atoms with van der Waals surface area (Å²) in [6.45, 7) is 0. The van der Waals surface area contributed by atoms with Crippen LogP contribution in [0.5, 0.6) is 0 Å². The fourth-order valence-electron chi connectivity index (χ4n) is 1.92. The minimum atomic E-state index is -0.850. The summed E-state index contributed by atoms with van der Waals surface area (Å²) < 4.78 is 31.8. The molecule has 0 aliphatic carbocycles. The molecule has 3 rings (SSSR count). The van der Waals surface area contributed by atoms with Gasteiger partial charge in [-0.05, 0) is 24.3 Å². The van der Waals surface area contributed by atoms with Gasteiger partial charge in [-0.25, -0.2) is 8.78 Å². The van der Waals surface area contributed by atoms with Crippen LogP contribution in [0.2, 0.25) is 5.02 Å². The lowest BCUT2D eigenvalue weighted by molar-refractivity contribution is -0.113. The molecule has 0 atom stereocenters. The second-order valence-corrected chi connectivity index (χ2v) is 6.15. The average molecular weight is 382 g/mol. The maximum Gasteiger partial charge on any atom is 0.277 e. The Morgan fingerprint density at radius 2 is 2.00 bits per heavy atom. The van der Waals surface area contributed by atoms with E-state index >= 15 is 0 Å². The predicted molar refractivity (Wildman–Crippen MR) is 90.5 cm³/mol. The number of nitrogens with zero attached hydrogens (tertiary/aromatic N) is 2. The van der Waals surface area contributed by atoms with Crippen molar-refractivity contribution in [3.63, 3.8) is 0 Å². The van der Waals surface area contributed by atoms with E-state index in [0.29, 0.717) is 16.7 Å². The van der Waals surface area contributed by atoms with Gasteiger partial charge in [-0.15, -0.1) is 10.2 Å². The molecule has 128 valence electrons. The number of aromatic nitrogens is 2. The predicted octanol–water partition coefficient (Wildman–Crippen LogP) is 4.40. The second-order valence-electron chi connectivity index (χ2n) is 4.81. The van der Waals surface area contributed by atoms with Gasteiger partial charge in [0, 0.05) is 6.07 Å². The molecule has 1 heterocycles. The van der Waals surface area contributed by atoms with E-state index in [1.54, 1.807) is 24.3 Å². The fraction of sp³-hybridized carbons (Fsp3) is 0.0625. The van der Waals surface area contributed by atoms with E-state index in [0.717, 1.165) is 23.9 Å². The van der Waals surface area contributed by atoms with Crippen LogP contribution >= 0.6 is 23.4 Å². The summed E-state index contributed by atoms with van der Waals surface area (Å²) in [5.41, 5.74) is 0.482. The van der Waals surface area contributed by atoms with E-state index in [4.69, 9.17) is 16.0 Å². The zero-order valence-electron chi connectivity index (χ0n) is 12.5. The summed E-state index contributed by atoms with van der Waals surface area (Å²) in [6, 6.07) is 9.87. The summed E-state index contributed by atoms with van der Waals surface area (Å²) in [4.78, 5) is 11.9. The SMILES string of the molecule is O=C(CSc1nnc(-c2ccccc2Cl)o1)Nc1ccc(F)cc1F. The Morgan fingerprint density at radius 3 is 2.76 bits per heavy atom. The molecule has 0 saturated carbocycles. The highest BCUT2D eigenvalue weighted by molar-refractivity contribution is 7.99. The Labute approximate surface area is 150 Å². The van der Waals surface area contributed by atoms with Crippen molar-refractivity contribution in [2.45, 2.75) is 5.22 Å². The van der Waals surface area contributed by atoms with Crippen LogP contribution in [-0.4, -0.2) is 21.9 Å². The van der Waals surface area contributed by atoms with Crippen LogP contribution in [0.4, 0.5) is 14.5 Å². The number of thioether (sulfide) groups is 1. The molecule has 1 N–H and O–H groups in total. The Bertz CT molecular complexity index is 920. The van der Waals surface area contributed by atoms with Crippen LogP contribution in [0.1, 0.15) is 0 Å². The lowest BCUT2D eigenvalue weighted by atomic mass is 10.2. The van der Waals surface area contributed by atoms with Gasteiger partial charge in [0.1, 0.15) is 11.6 Å². The first-order valence-electron chi connectivity index (χ1n) is 6.99. The lowest BCUT2D eigenvalue weighted by Crippen LogP contribution is -2.15. The molecule has 1 aromatic heterocycles. The number of carbonyl (C=O) groups excluding carboxylic acids is 1. The van der Waals surface area contributed by atoms with Crippen molar-refractivity contribution in [3.05, 3.63) is 59.1 Å². The molecule has 5 nitrogen and oxygen atoms in total. The third kappa shape index (κ3) is 4.34. The minimum absolute atomic E-state index is 0.0824. The number of anilines is 1. The first-order chi connectivity index (χ1) is 12.0. The van der Waals surface area contributed by atoms with E-state index in [2.05, 4.69) is 15.5 Å². The molecule has 0 fully saturated rings. The Hall–Kier alpha value is -2.45. The number of amides is 1. The number of hydrogen-bond donors (Lipinski definition) is 1. The number of carbonyl (C=O) groups is 1. The van der Waals surface area contributed by atoms with Crippen molar-refractivity contribution in [2.24, 2.45) is 0 Å². The van der Waals surface area contributed by atoms with Crippen molar-refractivity contribution in [1.82, 2.24) is 10.2 Å². The highest BCUT2D eigenvalue weighted by atomic mass is 35.5. The first-order valence-corrected chi connectivity index (χ1v) is 8.35. The van der Waals surface area contributed by atoms with Gasteiger partial charge in [-0.1, -0.05) is 35.5 Å². The van der Waals surface area contributed by atoms with Crippen molar-refractivity contribution in [1.29, 1.82) is 0 Å². The fourth-order valence-corrected chi connectivity index (χ4v) is 2.70. The van der Waals surface area contributed by atoms with Crippen LogP contribution in [0.25, 0.3) is 11.5 Å². The lowest BCUT2D eigenvalue weighted by Gasteiger charge is -2.05. The standard InChI is InChI=1S/C16H10ClF2N3O2S/c17-11-4-2-1-3-10(11)15-21-22-16(24-15)25-8-14(23)20-13-6-5-9(18)7-12(13)19/h1-7H,8H2,(H,20,23). The summed E-state index contributed by atoms with van der Waals surface area (Å²) in [7, 11) is 0. The smallest absolute Gasteiger partial charge is 0.277 e. The van der Waals surface area contributed by atoms with Gasteiger partial charge in [0.05, 0.1) is 22.0 Å². The number of halogens is 3. The molecular weight excluding hydrogens is 372 g/mol. The molecule has 0 unspecified atom stereocenters. The van der Waals surface area contributed by atoms with Crippen LogP contribution in [-0.2, 0) is 4.79 Å². The van der Waals surface area contributed by atoms with Gasteiger partial charge in [-0.2, -0.15) is 0 Å². The van der Waals surface area contributed by atoms with Crippen LogP contribution in [0.3, 0.4) is 0 Å². The van der Waals surface area contributed by atoms with Gasteiger partial charge in [0.2, 0.25) is 11.8 Å². The first kappa shape index (κ1) is 17.4. The number of rotatable bonds is 5. The Kier molecular flexibility index (Phi) is 5.30. The van der Waals surface area contributed by atoms with Crippen molar-refractivity contribution < 1.29 is 18.0 Å². The third-order valence-electron chi connectivity index (χ3n) is 3.04. The third-order valence-corrected chi connectivity index (χ3v) is 4.19.